The van der Waals surface area contributed by atoms with E-state index in [0.29, 0.717) is 5.56 Å². The van der Waals surface area contributed by atoms with Gasteiger partial charge in [-0.25, -0.2) is 9.59 Å². The van der Waals surface area contributed by atoms with Crippen molar-refractivity contribution in [2.75, 3.05) is 14.2 Å². The number of rotatable bonds is 3. The molecule has 1 aromatic rings. The summed E-state index contributed by atoms with van der Waals surface area (Å²) in [6.45, 7) is 1.64. The van der Waals surface area contributed by atoms with Crippen molar-refractivity contribution in [3.05, 3.63) is 35.9 Å². The van der Waals surface area contributed by atoms with Crippen molar-refractivity contribution < 1.29 is 28.5 Å². The normalized spacial score (nSPS) is 28.9. The minimum absolute atomic E-state index is 0.681. The standard InChI is InChI=1S/C14H16O6/c1-14(9-7-5-4-6-8-9)19-10(12(15)17-2)11(20-14)13(16)18-3/h4-8,10-11H,1-3H3/t10-,11+,14?. The summed E-state index contributed by atoms with van der Waals surface area (Å²) < 4.78 is 20.5. The maximum absolute atomic E-state index is 11.7. The van der Waals surface area contributed by atoms with Gasteiger partial charge >= 0.3 is 11.9 Å². The van der Waals surface area contributed by atoms with Crippen molar-refractivity contribution in [2.24, 2.45) is 0 Å². The molecule has 1 fully saturated rings. The molecule has 0 N–H and O–H groups in total. The molecular weight excluding hydrogens is 264 g/mol. The zero-order chi connectivity index (χ0) is 14.8. The summed E-state index contributed by atoms with van der Waals surface area (Å²) >= 11 is 0. The number of methoxy groups -OCH3 is 2. The molecule has 1 saturated heterocycles. The lowest BCUT2D eigenvalue weighted by Crippen LogP contribution is -2.38. The Morgan fingerprint density at radius 2 is 1.45 bits per heavy atom. The molecule has 20 heavy (non-hydrogen) atoms. The van der Waals surface area contributed by atoms with Gasteiger partial charge in [-0.3, -0.25) is 0 Å². The first kappa shape index (κ1) is 14.5. The molecule has 1 aliphatic heterocycles. The summed E-state index contributed by atoms with van der Waals surface area (Å²) in [7, 11) is 2.44. The molecule has 6 nitrogen and oxygen atoms in total. The van der Waals surface area contributed by atoms with Crippen LogP contribution in [0.2, 0.25) is 0 Å². The summed E-state index contributed by atoms with van der Waals surface area (Å²) in [5.41, 5.74) is 0.695. The van der Waals surface area contributed by atoms with Crippen LogP contribution in [0.25, 0.3) is 0 Å². The first-order valence-electron chi connectivity index (χ1n) is 6.08. The van der Waals surface area contributed by atoms with Gasteiger partial charge in [0, 0.05) is 5.56 Å². The monoisotopic (exact) mass is 280 g/mol. The number of benzene rings is 1. The lowest BCUT2D eigenvalue weighted by molar-refractivity contribution is -0.185. The smallest absolute Gasteiger partial charge is 0.338 e. The summed E-state index contributed by atoms with van der Waals surface area (Å²) in [4.78, 5) is 23.5. The molecule has 6 heteroatoms. The molecule has 0 amide bonds. The molecule has 0 aromatic heterocycles. The maximum atomic E-state index is 11.7. The summed E-state index contributed by atoms with van der Waals surface area (Å²) in [6.07, 6.45) is -2.31. The third kappa shape index (κ3) is 2.52. The average Bonchev–Trinajstić information content (AvgIpc) is 2.86. The highest BCUT2D eigenvalue weighted by Crippen LogP contribution is 2.38. The Bertz CT molecular complexity index is 474. The quantitative estimate of drug-likeness (QED) is 0.769. The van der Waals surface area contributed by atoms with Gasteiger partial charge in [0.25, 0.3) is 0 Å². The van der Waals surface area contributed by atoms with Gasteiger partial charge in [0.05, 0.1) is 14.2 Å². The molecule has 1 unspecified atom stereocenters. The first-order chi connectivity index (χ1) is 9.51. The fourth-order valence-corrected chi connectivity index (χ4v) is 2.09. The zero-order valence-corrected chi connectivity index (χ0v) is 11.5. The van der Waals surface area contributed by atoms with Crippen molar-refractivity contribution in [3.8, 4) is 0 Å². The lowest BCUT2D eigenvalue weighted by Gasteiger charge is -2.23. The molecule has 1 aromatic carbocycles. The second-order valence-corrected chi connectivity index (χ2v) is 4.43. The third-order valence-electron chi connectivity index (χ3n) is 3.14. The lowest BCUT2D eigenvalue weighted by atomic mass is 10.1. The van der Waals surface area contributed by atoms with Gasteiger partial charge in [-0.15, -0.1) is 0 Å². The minimum Gasteiger partial charge on any atom is -0.467 e. The van der Waals surface area contributed by atoms with Gasteiger partial charge in [0.15, 0.2) is 18.0 Å². The van der Waals surface area contributed by atoms with E-state index in [1.165, 1.54) is 14.2 Å². The molecule has 3 atom stereocenters. The predicted molar refractivity (Wildman–Crippen MR) is 67.6 cm³/mol. The topological polar surface area (TPSA) is 71.1 Å². The zero-order valence-electron chi connectivity index (χ0n) is 11.5. The van der Waals surface area contributed by atoms with Gasteiger partial charge in [0.1, 0.15) is 0 Å². The Morgan fingerprint density at radius 3 is 1.85 bits per heavy atom. The highest BCUT2D eigenvalue weighted by Gasteiger charge is 2.53. The van der Waals surface area contributed by atoms with Gasteiger partial charge in [-0.1, -0.05) is 30.3 Å². The highest BCUT2D eigenvalue weighted by molar-refractivity contribution is 5.86. The number of ether oxygens (including phenoxy) is 4. The Kier molecular flexibility index (Phi) is 4.06. The second kappa shape index (κ2) is 5.60. The molecule has 2 rings (SSSR count). The van der Waals surface area contributed by atoms with Gasteiger partial charge < -0.3 is 18.9 Å². The molecular formula is C14H16O6. The summed E-state index contributed by atoms with van der Waals surface area (Å²) in [6, 6.07) is 9.04. The van der Waals surface area contributed by atoms with E-state index in [-0.39, 0.29) is 0 Å². The van der Waals surface area contributed by atoms with Crippen LogP contribution in [0.4, 0.5) is 0 Å². The molecule has 0 saturated carbocycles. The summed E-state index contributed by atoms with van der Waals surface area (Å²) in [5.74, 6) is -2.57. The molecule has 0 spiro atoms. The number of carbonyl (C=O) groups excluding carboxylic acids is 2. The van der Waals surface area contributed by atoms with E-state index in [9.17, 15) is 9.59 Å². The fourth-order valence-electron chi connectivity index (χ4n) is 2.09. The molecule has 0 aliphatic carbocycles. The van der Waals surface area contributed by atoms with Crippen LogP contribution >= 0.6 is 0 Å². The van der Waals surface area contributed by atoms with Crippen molar-refractivity contribution in [1.29, 1.82) is 0 Å². The second-order valence-electron chi connectivity index (χ2n) is 4.43. The van der Waals surface area contributed by atoms with Crippen LogP contribution in [0, 0.1) is 0 Å². The average molecular weight is 280 g/mol. The molecule has 1 heterocycles. The number of esters is 2. The van der Waals surface area contributed by atoms with Crippen LogP contribution in [0.5, 0.6) is 0 Å². The van der Waals surface area contributed by atoms with E-state index < -0.39 is 29.9 Å². The largest absolute Gasteiger partial charge is 0.467 e. The maximum Gasteiger partial charge on any atom is 0.338 e. The fraction of sp³-hybridized carbons (Fsp3) is 0.429. The number of carbonyl (C=O) groups is 2. The Labute approximate surface area is 116 Å². The van der Waals surface area contributed by atoms with E-state index in [1.54, 1.807) is 19.1 Å². The van der Waals surface area contributed by atoms with E-state index in [4.69, 9.17) is 9.47 Å². The summed E-state index contributed by atoms with van der Waals surface area (Å²) in [5, 5.41) is 0. The van der Waals surface area contributed by atoms with Crippen LogP contribution in [0.1, 0.15) is 12.5 Å². The molecule has 1 aliphatic rings. The van der Waals surface area contributed by atoms with Crippen LogP contribution < -0.4 is 0 Å². The van der Waals surface area contributed by atoms with E-state index in [0.717, 1.165) is 0 Å². The molecule has 0 bridgehead atoms. The van der Waals surface area contributed by atoms with Crippen LogP contribution in [-0.2, 0) is 34.3 Å². The Hall–Kier alpha value is -1.92. The van der Waals surface area contributed by atoms with Crippen molar-refractivity contribution in [2.45, 2.75) is 24.9 Å². The van der Waals surface area contributed by atoms with E-state index in [1.807, 2.05) is 18.2 Å². The number of hydrogen-bond acceptors (Lipinski definition) is 6. The SMILES string of the molecule is COC(=O)[C@H]1OC(C)(c2ccccc2)O[C@H]1C(=O)OC. The molecule has 0 radical (unpaired) electrons. The molecule has 108 valence electrons. The van der Waals surface area contributed by atoms with Crippen LogP contribution in [-0.4, -0.2) is 38.4 Å². The van der Waals surface area contributed by atoms with Crippen molar-refractivity contribution in [1.82, 2.24) is 0 Å². The van der Waals surface area contributed by atoms with Gasteiger partial charge in [-0.05, 0) is 6.92 Å². The first-order valence-corrected chi connectivity index (χ1v) is 6.08. The van der Waals surface area contributed by atoms with Crippen LogP contribution in [0.15, 0.2) is 30.3 Å². The van der Waals surface area contributed by atoms with Gasteiger partial charge in [-0.2, -0.15) is 0 Å². The van der Waals surface area contributed by atoms with Crippen LogP contribution in [0.3, 0.4) is 0 Å². The Balaban J connectivity index is 2.32. The minimum atomic E-state index is -1.21. The van der Waals surface area contributed by atoms with E-state index >= 15 is 0 Å². The number of hydrogen-bond donors (Lipinski definition) is 0. The Morgan fingerprint density at radius 1 is 1.00 bits per heavy atom. The van der Waals surface area contributed by atoms with Crippen molar-refractivity contribution >= 4 is 11.9 Å². The van der Waals surface area contributed by atoms with Gasteiger partial charge in [0.2, 0.25) is 0 Å². The highest BCUT2D eigenvalue weighted by atomic mass is 16.8. The van der Waals surface area contributed by atoms with E-state index in [2.05, 4.69) is 9.47 Å². The third-order valence-corrected chi connectivity index (χ3v) is 3.14. The predicted octanol–water partition coefficient (Wildman–Crippen LogP) is 0.989. The van der Waals surface area contributed by atoms with Crippen molar-refractivity contribution in [3.63, 3.8) is 0 Å².